The van der Waals surface area contributed by atoms with Gasteiger partial charge in [-0.25, -0.2) is 0 Å². The zero-order chi connectivity index (χ0) is 20.2. The Bertz CT molecular complexity index is 747. The van der Waals surface area contributed by atoms with Gasteiger partial charge in [0.25, 0.3) is 0 Å². The molecule has 0 radical (unpaired) electrons. The Balaban J connectivity index is 0.00000420. The Morgan fingerprint density at radius 3 is 2.66 bits per heavy atom. The molecule has 0 saturated carbocycles. The summed E-state index contributed by atoms with van der Waals surface area (Å²) < 4.78 is 8.06. The summed E-state index contributed by atoms with van der Waals surface area (Å²) in [6, 6.07) is 6.34. The first kappa shape index (κ1) is 25.2. The maximum atomic E-state index is 6.06. The van der Waals surface area contributed by atoms with Crippen LogP contribution in [0.2, 0.25) is 0 Å². The van der Waals surface area contributed by atoms with Crippen molar-refractivity contribution in [1.29, 1.82) is 0 Å². The van der Waals surface area contributed by atoms with Crippen molar-refractivity contribution in [1.82, 2.24) is 25.4 Å². The minimum Gasteiger partial charge on any atom is -0.493 e. The molecule has 2 rings (SSSR count). The zero-order valence-electron chi connectivity index (χ0n) is 18.1. The number of aliphatic imine (C=N–C) groups is 1. The second-order valence-electron chi connectivity index (χ2n) is 6.83. The summed E-state index contributed by atoms with van der Waals surface area (Å²) in [5.41, 5.74) is 2.33. The molecular weight excluding hydrogens is 479 g/mol. The van der Waals surface area contributed by atoms with Gasteiger partial charge in [-0.1, -0.05) is 38.3 Å². The van der Waals surface area contributed by atoms with Gasteiger partial charge in [0.05, 0.1) is 13.2 Å². The molecule has 1 aromatic heterocycles. The summed E-state index contributed by atoms with van der Waals surface area (Å²) in [5, 5.41) is 14.7. The maximum Gasteiger partial charge on any atom is 0.191 e. The third-order valence-corrected chi connectivity index (χ3v) is 4.60. The summed E-state index contributed by atoms with van der Waals surface area (Å²) in [6.07, 6.45) is 6.55. The monoisotopic (exact) mass is 514 g/mol. The van der Waals surface area contributed by atoms with E-state index in [1.807, 2.05) is 4.57 Å². The molecule has 0 aliphatic rings. The summed E-state index contributed by atoms with van der Waals surface area (Å²) in [7, 11) is 1.76. The van der Waals surface area contributed by atoms with Crippen LogP contribution in [0.15, 0.2) is 29.5 Å². The molecule has 0 aliphatic heterocycles. The Kier molecular flexibility index (Phi) is 12.3. The lowest BCUT2D eigenvalue weighted by Gasteiger charge is -2.15. The molecule has 0 spiro atoms. The SMILES string of the molecule is CCCCCCOc1cc(C)ccc1CNC(=NC)NCc1nncn1CC.I. The van der Waals surface area contributed by atoms with Crippen molar-refractivity contribution in [2.45, 2.75) is 66.1 Å². The summed E-state index contributed by atoms with van der Waals surface area (Å²) in [5.74, 6) is 2.56. The van der Waals surface area contributed by atoms with Crippen LogP contribution in [0.3, 0.4) is 0 Å². The number of aromatic nitrogens is 3. The number of guanidine groups is 1. The summed E-state index contributed by atoms with van der Waals surface area (Å²) in [4.78, 5) is 4.30. The third-order valence-electron chi connectivity index (χ3n) is 4.60. The zero-order valence-corrected chi connectivity index (χ0v) is 20.4. The van der Waals surface area contributed by atoms with E-state index in [9.17, 15) is 0 Å². The van der Waals surface area contributed by atoms with Crippen LogP contribution >= 0.6 is 24.0 Å². The number of benzene rings is 1. The molecule has 0 fully saturated rings. The van der Waals surface area contributed by atoms with Crippen molar-refractivity contribution in [3.63, 3.8) is 0 Å². The normalized spacial score (nSPS) is 11.1. The van der Waals surface area contributed by atoms with Crippen LogP contribution < -0.4 is 15.4 Å². The van der Waals surface area contributed by atoms with Crippen LogP contribution in [-0.4, -0.2) is 34.4 Å². The lowest BCUT2D eigenvalue weighted by atomic mass is 10.1. The molecule has 0 amide bonds. The third kappa shape index (κ3) is 8.59. The first-order chi connectivity index (χ1) is 13.7. The van der Waals surface area contributed by atoms with E-state index >= 15 is 0 Å². The van der Waals surface area contributed by atoms with Gasteiger partial charge in [0.1, 0.15) is 12.1 Å². The fourth-order valence-corrected chi connectivity index (χ4v) is 2.90. The second-order valence-corrected chi connectivity index (χ2v) is 6.83. The van der Waals surface area contributed by atoms with E-state index in [0.29, 0.717) is 13.1 Å². The summed E-state index contributed by atoms with van der Waals surface area (Å²) >= 11 is 0. The molecular formula is C21H35IN6O. The molecule has 0 saturated heterocycles. The second kappa shape index (κ2) is 14.2. The maximum absolute atomic E-state index is 6.06. The number of nitrogens with zero attached hydrogens (tertiary/aromatic N) is 4. The van der Waals surface area contributed by atoms with Gasteiger partial charge >= 0.3 is 0 Å². The van der Waals surface area contributed by atoms with E-state index in [1.54, 1.807) is 13.4 Å². The van der Waals surface area contributed by atoms with E-state index in [-0.39, 0.29) is 24.0 Å². The van der Waals surface area contributed by atoms with Gasteiger partial charge < -0.3 is 19.9 Å². The van der Waals surface area contributed by atoms with Crippen molar-refractivity contribution < 1.29 is 4.74 Å². The fraction of sp³-hybridized carbons (Fsp3) is 0.571. The van der Waals surface area contributed by atoms with E-state index in [1.165, 1.54) is 24.8 Å². The molecule has 0 unspecified atom stereocenters. The minimum atomic E-state index is 0. The number of unbranched alkanes of at least 4 members (excludes halogenated alkanes) is 3. The standard InChI is InChI=1S/C21H34N6O.HI/c1-5-7-8-9-12-28-19-13-17(3)10-11-18(19)14-23-21(22-4)24-15-20-26-25-16-27(20)6-2;/h10-11,13,16H,5-9,12,14-15H2,1-4H3,(H2,22,23,24);1H. The van der Waals surface area contributed by atoms with Gasteiger partial charge in [-0.3, -0.25) is 4.99 Å². The number of hydrogen-bond donors (Lipinski definition) is 2. The Hall–Kier alpha value is -1.84. The first-order valence-electron chi connectivity index (χ1n) is 10.2. The van der Waals surface area contributed by atoms with Gasteiger partial charge in [-0.15, -0.1) is 34.2 Å². The van der Waals surface area contributed by atoms with Crippen LogP contribution in [0, 0.1) is 6.92 Å². The molecule has 2 aromatic rings. The van der Waals surface area contributed by atoms with Gasteiger partial charge in [0, 0.05) is 25.7 Å². The highest BCUT2D eigenvalue weighted by atomic mass is 127. The fourth-order valence-electron chi connectivity index (χ4n) is 2.90. The summed E-state index contributed by atoms with van der Waals surface area (Å²) in [6.45, 7) is 9.20. The van der Waals surface area contributed by atoms with Gasteiger partial charge in [0.2, 0.25) is 0 Å². The highest BCUT2D eigenvalue weighted by Crippen LogP contribution is 2.21. The smallest absolute Gasteiger partial charge is 0.191 e. The average Bonchev–Trinajstić information content (AvgIpc) is 3.16. The van der Waals surface area contributed by atoms with Crippen molar-refractivity contribution in [2.24, 2.45) is 4.99 Å². The Morgan fingerprint density at radius 1 is 1.14 bits per heavy atom. The number of halogens is 1. The largest absolute Gasteiger partial charge is 0.493 e. The quantitative estimate of drug-likeness (QED) is 0.205. The molecule has 0 atom stereocenters. The van der Waals surface area contributed by atoms with E-state index < -0.39 is 0 Å². The molecule has 162 valence electrons. The number of hydrogen-bond acceptors (Lipinski definition) is 4. The Labute approximate surface area is 191 Å². The predicted molar refractivity (Wildman–Crippen MR) is 129 cm³/mol. The van der Waals surface area contributed by atoms with Crippen LogP contribution in [-0.2, 0) is 19.6 Å². The topological polar surface area (TPSA) is 76.4 Å². The van der Waals surface area contributed by atoms with Crippen LogP contribution in [0.1, 0.15) is 56.5 Å². The van der Waals surface area contributed by atoms with E-state index in [0.717, 1.165) is 42.7 Å². The molecule has 2 N–H and O–H groups in total. The van der Waals surface area contributed by atoms with Crippen LogP contribution in [0.25, 0.3) is 0 Å². The average molecular weight is 514 g/mol. The van der Waals surface area contributed by atoms with Crippen LogP contribution in [0.5, 0.6) is 5.75 Å². The molecule has 7 nitrogen and oxygen atoms in total. The molecule has 0 aliphatic carbocycles. The van der Waals surface area contributed by atoms with Crippen LogP contribution in [0.4, 0.5) is 0 Å². The molecule has 1 heterocycles. The minimum absolute atomic E-state index is 0. The lowest BCUT2D eigenvalue weighted by Crippen LogP contribution is -2.37. The number of nitrogens with one attached hydrogen (secondary N) is 2. The van der Waals surface area contributed by atoms with Gasteiger partial charge in [0.15, 0.2) is 11.8 Å². The highest BCUT2D eigenvalue weighted by Gasteiger charge is 2.08. The van der Waals surface area contributed by atoms with Crippen molar-refractivity contribution in [2.75, 3.05) is 13.7 Å². The number of ether oxygens (including phenoxy) is 1. The van der Waals surface area contributed by atoms with E-state index in [4.69, 9.17) is 4.74 Å². The van der Waals surface area contributed by atoms with Crippen molar-refractivity contribution >= 4 is 29.9 Å². The molecule has 1 aromatic carbocycles. The predicted octanol–water partition coefficient (Wildman–Crippen LogP) is 4.05. The number of rotatable bonds is 11. The van der Waals surface area contributed by atoms with Crippen molar-refractivity contribution in [3.8, 4) is 5.75 Å². The molecule has 8 heteroatoms. The van der Waals surface area contributed by atoms with Crippen molar-refractivity contribution in [3.05, 3.63) is 41.5 Å². The first-order valence-corrected chi connectivity index (χ1v) is 10.2. The number of aryl methyl sites for hydroxylation is 2. The Morgan fingerprint density at radius 2 is 1.93 bits per heavy atom. The highest BCUT2D eigenvalue weighted by molar-refractivity contribution is 14.0. The molecule has 0 bridgehead atoms. The lowest BCUT2D eigenvalue weighted by molar-refractivity contribution is 0.301. The van der Waals surface area contributed by atoms with Gasteiger partial charge in [-0.2, -0.15) is 0 Å². The van der Waals surface area contributed by atoms with E-state index in [2.05, 4.69) is 64.8 Å². The molecule has 29 heavy (non-hydrogen) atoms. The van der Waals surface area contributed by atoms with Gasteiger partial charge in [-0.05, 0) is 31.9 Å².